The largest absolute Gasteiger partial charge is 0.355 e. The maximum Gasteiger partial charge on any atom is 0.251 e. The molecule has 1 aromatic heterocycles. The van der Waals surface area contributed by atoms with Crippen molar-refractivity contribution >= 4 is 11.8 Å². The smallest absolute Gasteiger partial charge is 0.251 e. The van der Waals surface area contributed by atoms with E-state index >= 15 is 0 Å². The van der Waals surface area contributed by atoms with Crippen LogP contribution in [0.1, 0.15) is 29.9 Å². The van der Waals surface area contributed by atoms with E-state index in [2.05, 4.69) is 10.3 Å². The summed E-state index contributed by atoms with van der Waals surface area (Å²) in [6, 6.07) is 3.34. The van der Waals surface area contributed by atoms with Gasteiger partial charge in [0.05, 0.1) is 12.2 Å². The number of pyridine rings is 1. The van der Waals surface area contributed by atoms with Gasteiger partial charge in [-0.15, -0.1) is 0 Å². The van der Waals surface area contributed by atoms with Crippen molar-refractivity contribution in [3.63, 3.8) is 0 Å². The number of aromatic nitrogens is 1. The van der Waals surface area contributed by atoms with Crippen LogP contribution in [-0.4, -0.2) is 35.8 Å². The number of hydrogen-bond donors (Lipinski definition) is 1. The minimum Gasteiger partial charge on any atom is -0.355 e. The van der Waals surface area contributed by atoms with Crippen molar-refractivity contribution in [2.24, 2.45) is 5.92 Å². The molecule has 0 saturated carbocycles. The summed E-state index contributed by atoms with van der Waals surface area (Å²) in [5.41, 5.74) is 1.25. The van der Waals surface area contributed by atoms with Crippen LogP contribution in [0.5, 0.6) is 0 Å². The zero-order chi connectivity index (χ0) is 13.7. The van der Waals surface area contributed by atoms with E-state index < -0.39 is 0 Å². The first kappa shape index (κ1) is 14.2. The summed E-state index contributed by atoms with van der Waals surface area (Å²) in [6.07, 6.45) is 1.58. The van der Waals surface area contributed by atoms with Crippen LogP contribution in [0.3, 0.4) is 0 Å². The number of hydrogen-bond acceptors (Lipinski definition) is 3. The molecule has 0 saturated heterocycles. The van der Waals surface area contributed by atoms with Gasteiger partial charge in [-0.25, -0.2) is 0 Å². The molecule has 0 radical (unpaired) electrons. The molecule has 0 bridgehead atoms. The molecule has 0 aliphatic carbocycles. The fourth-order valence-corrected chi connectivity index (χ4v) is 1.61. The lowest BCUT2D eigenvalue weighted by molar-refractivity contribution is -0.133. The second kappa shape index (κ2) is 6.14. The van der Waals surface area contributed by atoms with Crippen LogP contribution in [0, 0.1) is 5.92 Å². The second-order valence-electron chi connectivity index (χ2n) is 4.46. The van der Waals surface area contributed by atoms with Gasteiger partial charge in [0.2, 0.25) is 5.91 Å². The van der Waals surface area contributed by atoms with E-state index in [-0.39, 0.29) is 17.7 Å². The highest BCUT2D eigenvalue weighted by Crippen LogP contribution is 2.07. The molecule has 0 atom stereocenters. The molecule has 0 aliphatic rings. The summed E-state index contributed by atoms with van der Waals surface area (Å²) in [6.45, 7) is 4.11. The normalized spacial score (nSPS) is 10.3. The van der Waals surface area contributed by atoms with E-state index in [1.54, 1.807) is 37.3 Å². The summed E-state index contributed by atoms with van der Waals surface area (Å²) >= 11 is 0. The Hall–Kier alpha value is -1.91. The zero-order valence-corrected chi connectivity index (χ0v) is 11.2. The van der Waals surface area contributed by atoms with Crippen molar-refractivity contribution in [3.8, 4) is 0 Å². The van der Waals surface area contributed by atoms with Crippen molar-refractivity contribution in [1.29, 1.82) is 0 Å². The Kier molecular flexibility index (Phi) is 4.83. The van der Waals surface area contributed by atoms with Gasteiger partial charge in [0, 0.05) is 31.8 Å². The summed E-state index contributed by atoms with van der Waals surface area (Å²) in [7, 11) is 3.31. The number of rotatable bonds is 4. The summed E-state index contributed by atoms with van der Waals surface area (Å²) in [5.74, 6) is -0.143. The molecule has 1 heterocycles. The second-order valence-corrected chi connectivity index (χ2v) is 4.46. The van der Waals surface area contributed by atoms with Gasteiger partial charge in [0.15, 0.2) is 0 Å². The van der Waals surface area contributed by atoms with E-state index in [4.69, 9.17) is 0 Å². The SMILES string of the molecule is CNC(=O)c1ccnc(CN(C)C(=O)C(C)C)c1. The Labute approximate surface area is 107 Å². The molecule has 0 fully saturated rings. The lowest BCUT2D eigenvalue weighted by Gasteiger charge is -2.19. The van der Waals surface area contributed by atoms with Crippen molar-refractivity contribution in [2.45, 2.75) is 20.4 Å². The molecule has 18 heavy (non-hydrogen) atoms. The lowest BCUT2D eigenvalue weighted by Crippen LogP contribution is -2.30. The first-order valence-corrected chi connectivity index (χ1v) is 5.87. The van der Waals surface area contributed by atoms with Gasteiger partial charge >= 0.3 is 0 Å². The number of nitrogens with one attached hydrogen (secondary N) is 1. The van der Waals surface area contributed by atoms with Crippen LogP contribution in [0.4, 0.5) is 0 Å². The maximum atomic E-state index is 11.7. The van der Waals surface area contributed by atoms with Crippen LogP contribution in [0.25, 0.3) is 0 Å². The average Bonchev–Trinajstić information content (AvgIpc) is 2.36. The summed E-state index contributed by atoms with van der Waals surface area (Å²) in [4.78, 5) is 29.0. The van der Waals surface area contributed by atoms with Gasteiger partial charge in [0.25, 0.3) is 5.91 Å². The minimum absolute atomic E-state index is 0.0443. The Balaban J connectivity index is 2.79. The van der Waals surface area contributed by atoms with Gasteiger partial charge in [-0.3, -0.25) is 14.6 Å². The van der Waals surface area contributed by atoms with E-state index in [1.165, 1.54) is 0 Å². The van der Waals surface area contributed by atoms with Crippen LogP contribution in [-0.2, 0) is 11.3 Å². The first-order valence-electron chi connectivity index (χ1n) is 5.87. The predicted molar refractivity (Wildman–Crippen MR) is 68.9 cm³/mol. The monoisotopic (exact) mass is 249 g/mol. The van der Waals surface area contributed by atoms with Gasteiger partial charge in [-0.1, -0.05) is 13.8 Å². The summed E-state index contributed by atoms with van der Waals surface area (Å²) in [5, 5.41) is 2.56. The molecule has 1 aromatic rings. The number of nitrogens with zero attached hydrogens (tertiary/aromatic N) is 2. The van der Waals surface area contributed by atoms with Gasteiger partial charge < -0.3 is 10.2 Å². The number of carbonyl (C=O) groups excluding carboxylic acids is 2. The predicted octanol–water partition coefficient (Wildman–Crippen LogP) is 1.06. The highest BCUT2D eigenvalue weighted by molar-refractivity contribution is 5.93. The van der Waals surface area contributed by atoms with Crippen LogP contribution >= 0.6 is 0 Å². The lowest BCUT2D eigenvalue weighted by atomic mass is 10.1. The molecule has 0 aromatic carbocycles. The average molecular weight is 249 g/mol. The van der Waals surface area contributed by atoms with Gasteiger partial charge in [-0.2, -0.15) is 0 Å². The molecule has 0 unspecified atom stereocenters. The third-order valence-corrected chi connectivity index (χ3v) is 2.58. The first-order chi connectivity index (χ1) is 8.45. The topological polar surface area (TPSA) is 62.3 Å². The van der Waals surface area contributed by atoms with Crippen molar-refractivity contribution < 1.29 is 9.59 Å². The summed E-state index contributed by atoms with van der Waals surface area (Å²) < 4.78 is 0. The van der Waals surface area contributed by atoms with Crippen LogP contribution in [0.15, 0.2) is 18.3 Å². The molecular formula is C13H19N3O2. The van der Waals surface area contributed by atoms with Crippen LogP contribution < -0.4 is 5.32 Å². The Bertz CT molecular complexity index is 444. The highest BCUT2D eigenvalue weighted by Gasteiger charge is 2.14. The fraction of sp³-hybridized carbons (Fsp3) is 0.462. The van der Waals surface area contributed by atoms with E-state index in [9.17, 15) is 9.59 Å². The maximum absolute atomic E-state index is 11.7. The van der Waals surface area contributed by atoms with Crippen molar-refractivity contribution in [2.75, 3.05) is 14.1 Å². The molecule has 5 heteroatoms. The fourth-order valence-electron chi connectivity index (χ4n) is 1.61. The standard InChI is InChI=1S/C13H19N3O2/c1-9(2)13(18)16(4)8-11-7-10(5-6-15-11)12(17)14-3/h5-7,9H,8H2,1-4H3,(H,14,17). The van der Waals surface area contributed by atoms with E-state index in [0.29, 0.717) is 17.8 Å². The Morgan fingerprint density at radius 2 is 2.11 bits per heavy atom. The van der Waals surface area contributed by atoms with Crippen molar-refractivity contribution in [3.05, 3.63) is 29.6 Å². The minimum atomic E-state index is -0.156. The third-order valence-electron chi connectivity index (χ3n) is 2.58. The van der Waals surface area contributed by atoms with Crippen LogP contribution in [0.2, 0.25) is 0 Å². The molecule has 0 spiro atoms. The molecule has 0 aliphatic heterocycles. The quantitative estimate of drug-likeness (QED) is 0.867. The van der Waals surface area contributed by atoms with Gasteiger partial charge in [-0.05, 0) is 12.1 Å². The Morgan fingerprint density at radius 1 is 1.44 bits per heavy atom. The molecular weight excluding hydrogens is 230 g/mol. The Morgan fingerprint density at radius 3 is 2.67 bits per heavy atom. The van der Waals surface area contributed by atoms with E-state index in [1.807, 2.05) is 13.8 Å². The number of carbonyl (C=O) groups is 2. The molecule has 5 nitrogen and oxygen atoms in total. The zero-order valence-electron chi connectivity index (χ0n) is 11.2. The molecule has 1 N–H and O–H groups in total. The third kappa shape index (κ3) is 3.55. The van der Waals surface area contributed by atoms with Gasteiger partial charge in [0.1, 0.15) is 0 Å². The molecule has 2 amide bonds. The van der Waals surface area contributed by atoms with Crippen molar-refractivity contribution in [1.82, 2.24) is 15.2 Å². The molecule has 1 rings (SSSR count). The van der Waals surface area contributed by atoms with E-state index in [0.717, 1.165) is 0 Å². The highest BCUT2D eigenvalue weighted by atomic mass is 16.2. The molecule has 98 valence electrons. The number of amides is 2.